The summed E-state index contributed by atoms with van der Waals surface area (Å²) in [5.74, 6) is 0.435. The predicted octanol–water partition coefficient (Wildman–Crippen LogP) is 7.20. The molecule has 0 saturated heterocycles. The summed E-state index contributed by atoms with van der Waals surface area (Å²) < 4.78 is 31.4. The maximum Gasteiger partial charge on any atom is 0.415 e. The lowest BCUT2D eigenvalue weighted by Gasteiger charge is -2.28. The molecule has 0 bridgehead atoms. The van der Waals surface area contributed by atoms with Gasteiger partial charge < -0.3 is 14.2 Å². The largest absolute Gasteiger partial charge is 0.424 e. The van der Waals surface area contributed by atoms with Gasteiger partial charge >= 0.3 is 12.1 Å². The van der Waals surface area contributed by atoms with Crippen LogP contribution in [0.4, 0.5) is 14.9 Å². The van der Waals surface area contributed by atoms with Crippen molar-refractivity contribution < 1.29 is 18.7 Å². The summed E-state index contributed by atoms with van der Waals surface area (Å²) in [4.78, 5) is 21.9. The molecule has 0 radical (unpaired) electrons. The number of rotatable bonds is 7. The van der Waals surface area contributed by atoms with E-state index in [1.54, 1.807) is 61.9 Å². The van der Waals surface area contributed by atoms with Crippen molar-refractivity contribution in [3.05, 3.63) is 71.8 Å². The smallest absolute Gasteiger partial charge is 0.415 e. The van der Waals surface area contributed by atoms with Gasteiger partial charge in [0.1, 0.15) is 11.5 Å². The number of nitrogens with zero attached hydrogens (tertiary/aromatic N) is 3. The Kier molecular flexibility index (Phi) is 14.6. The number of anilines is 1. The summed E-state index contributed by atoms with van der Waals surface area (Å²) in [5.41, 5.74) is 1.51. The Balaban J connectivity index is 0.00000101. The van der Waals surface area contributed by atoms with Crippen molar-refractivity contribution in [3.63, 3.8) is 0 Å². The van der Waals surface area contributed by atoms with E-state index < -0.39 is 11.9 Å². The lowest BCUT2D eigenvalue weighted by Crippen LogP contribution is -2.36. The van der Waals surface area contributed by atoms with Gasteiger partial charge in [-0.3, -0.25) is 4.90 Å². The normalized spacial score (nSPS) is 11.2. The topological polar surface area (TPSA) is 88.6 Å². The Hall–Kier alpha value is -3.37. The molecule has 3 aromatic rings. The number of ether oxygens (including phenoxy) is 2. The quantitative estimate of drug-likeness (QED) is 0.318. The highest BCUT2D eigenvalue weighted by Crippen LogP contribution is 2.32. The van der Waals surface area contributed by atoms with Gasteiger partial charge in [0, 0.05) is 41.7 Å². The van der Waals surface area contributed by atoms with E-state index in [2.05, 4.69) is 19.4 Å². The standard InChI is InChI=1S/C20H18FN5O3S.3C2H6/c1-22-30-25-16-5-2-4-14(18(16)21)12-26-11-13-6-7-15(10-17(13)29-20(26)27)28-19-23-8-3-9-24-19;3*1-2/h2-10,22,25H,11-12H2,1H3;3*1-2H3. The minimum atomic E-state index is -0.557. The van der Waals surface area contributed by atoms with Gasteiger partial charge in [0.15, 0.2) is 5.82 Å². The number of carbonyl (C=O) groups excluding carboxylic acids is 1. The van der Waals surface area contributed by atoms with Gasteiger partial charge in [-0.15, -0.1) is 0 Å². The number of fused-ring (bicyclic) bond motifs is 1. The van der Waals surface area contributed by atoms with Crippen molar-refractivity contribution in [1.82, 2.24) is 19.6 Å². The zero-order chi connectivity index (χ0) is 26.9. The first-order valence-electron chi connectivity index (χ1n) is 12.0. The summed E-state index contributed by atoms with van der Waals surface area (Å²) in [5, 5.41) is 0. The van der Waals surface area contributed by atoms with E-state index in [1.165, 1.54) is 4.90 Å². The molecule has 1 aliphatic rings. The van der Waals surface area contributed by atoms with Crippen LogP contribution in [0, 0.1) is 5.82 Å². The first-order chi connectivity index (χ1) is 17.6. The molecule has 196 valence electrons. The molecule has 0 aliphatic carbocycles. The third-order valence-corrected chi connectivity index (χ3v) is 4.84. The second kappa shape index (κ2) is 17.1. The van der Waals surface area contributed by atoms with Gasteiger partial charge in [-0.25, -0.2) is 23.9 Å². The van der Waals surface area contributed by atoms with Gasteiger partial charge in [-0.1, -0.05) is 53.7 Å². The second-order valence-corrected chi connectivity index (χ2v) is 7.13. The molecule has 36 heavy (non-hydrogen) atoms. The number of amides is 1. The van der Waals surface area contributed by atoms with Crippen LogP contribution in [-0.2, 0) is 13.1 Å². The van der Waals surface area contributed by atoms with Crippen LogP contribution in [0.25, 0.3) is 0 Å². The van der Waals surface area contributed by atoms with E-state index in [0.29, 0.717) is 29.3 Å². The number of nitrogens with one attached hydrogen (secondary N) is 2. The molecule has 1 aliphatic heterocycles. The van der Waals surface area contributed by atoms with E-state index in [1.807, 2.05) is 41.5 Å². The zero-order valence-corrected chi connectivity index (χ0v) is 22.8. The van der Waals surface area contributed by atoms with Crippen LogP contribution in [0.3, 0.4) is 0 Å². The van der Waals surface area contributed by atoms with Crippen LogP contribution in [0.1, 0.15) is 52.7 Å². The van der Waals surface area contributed by atoms with Gasteiger partial charge in [0.05, 0.1) is 18.8 Å². The van der Waals surface area contributed by atoms with Gasteiger partial charge in [0.2, 0.25) is 0 Å². The monoisotopic (exact) mass is 517 g/mol. The molecule has 0 unspecified atom stereocenters. The Morgan fingerprint density at radius 2 is 1.75 bits per heavy atom. The second-order valence-electron chi connectivity index (χ2n) is 6.31. The fourth-order valence-corrected chi connectivity index (χ4v) is 3.28. The van der Waals surface area contributed by atoms with Crippen molar-refractivity contribution in [2.75, 3.05) is 11.8 Å². The minimum Gasteiger partial charge on any atom is -0.424 e. The van der Waals surface area contributed by atoms with Crippen molar-refractivity contribution in [1.29, 1.82) is 0 Å². The molecule has 0 atom stereocenters. The third-order valence-electron chi connectivity index (χ3n) is 4.31. The molecule has 1 amide bonds. The highest BCUT2D eigenvalue weighted by Gasteiger charge is 2.26. The number of carbonyl (C=O) groups is 1. The van der Waals surface area contributed by atoms with Crippen molar-refractivity contribution >= 4 is 23.9 Å². The number of hydrogen-bond donors (Lipinski definition) is 2. The van der Waals surface area contributed by atoms with E-state index in [9.17, 15) is 9.18 Å². The zero-order valence-electron chi connectivity index (χ0n) is 22.0. The molecule has 0 saturated carbocycles. The minimum absolute atomic E-state index is 0.0833. The molecule has 2 heterocycles. The summed E-state index contributed by atoms with van der Waals surface area (Å²) in [6.07, 6.45) is 2.58. The maximum atomic E-state index is 14.7. The Morgan fingerprint density at radius 3 is 2.42 bits per heavy atom. The fourth-order valence-electron chi connectivity index (χ4n) is 2.91. The molecule has 4 rings (SSSR count). The molecule has 10 heteroatoms. The maximum absolute atomic E-state index is 14.7. The van der Waals surface area contributed by atoms with Crippen LogP contribution in [0.15, 0.2) is 54.9 Å². The SMILES string of the molecule is CC.CC.CC.CNSNc1cccc(CN2Cc3ccc(Oc4ncccn4)cc3OC2=O)c1F. The van der Waals surface area contributed by atoms with Crippen LogP contribution >= 0.6 is 12.1 Å². The molecule has 1 aromatic heterocycles. The third kappa shape index (κ3) is 8.69. The average Bonchev–Trinajstić information content (AvgIpc) is 2.93. The average molecular weight is 518 g/mol. The number of hydrogen-bond acceptors (Lipinski definition) is 8. The Labute approximate surface area is 217 Å². The van der Waals surface area contributed by atoms with Crippen LogP contribution in [0.5, 0.6) is 17.5 Å². The van der Waals surface area contributed by atoms with Crippen LogP contribution in [0.2, 0.25) is 0 Å². The van der Waals surface area contributed by atoms with Crippen molar-refractivity contribution in [3.8, 4) is 17.5 Å². The number of aromatic nitrogens is 2. The fraction of sp³-hybridized carbons (Fsp3) is 0.346. The summed E-state index contributed by atoms with van der Waals surface area (Å²) in [6, 6.07) is 12.0. The molecule has 0 fully saturated rings. The lowest BCUT2D eigenvalue weighted by atomic mass is 10.1. The number of benzene rings is 2. The van der Waals surface area contributed by atoms with E-state index in [0.717, 1.165) is 17.7 Å². The highest BCUT2D eigenvalue weighted by molar-refractivity contribution is 7.98. The van der Waals surface area contributed by atoms with Crippen LogP contribution in [-0.4, -0.2) is 28.0 Å². The highest BCUT2D eigenvalue weighted by atomic mass is 32.2. The predicted molar refractivity (Wildman–Crippen MR) is 145 cm³/mol. The summed E-state index contributed by atoms with van der Waals surface area (Å²) in [7, 11) is 1.73. The van der Waals surface area contributed by atoms with E-state index >= 15 is 0 Å². The van der Waals surface area contributed by atoms with Gasteiger partial charge in [-0.2, -0.15) is 0 Å². The molecule has 2 aromatic carbocycles. The molecule has 2 N–H and O–H groups in total. The van der Waals surface area contributed by atoms with Gasteiger partial charge in [-0.05, 0) is 31.3 Å². The van der Waals surface area contributed by atoms with Crippen LogP contribution < -0.4 is 18.9 Å². The van der Waals surface area contributed by atoms with E-state index in [4.69, 9.17) is 9.47 Å². The van der Waals surface area contributed by atoms with E-state index in [-0.39, 0.29) is 12.6 Å². The first kappa shape index (κ1) is 30.7. The molecule has 8 nitrogen and oxygen atoms in total. The van der Waals surface area contributed by atoms with Crippen molar-refractivity contribution in [2.24, 2.45) is 0 Å². The van der Waals surface area contributed by atoms with Gasteiger partial charge in [0.25, 0.3) is 0 Å². The summed E-state index contributed by atoms with van der Waals surface area (Å²) >= 11 is 1.16. The molecular formula is C26H36FN5O3S. The molecular weight excluding hydrogens is 481 g/mol. The molecule has 0 spiro atoms. The first-order valence-corrected chi connectivity index (χ1v) is 12.9. The van der Waals surface area contributed by atoms with Crippen molar-refractivity contribution in [2.45, 2.75) is 54.6 Å². The summed E-state index contributed by atoms with van der Waals surface area (Å²) in [6.45, 7) is 12.4. The Bertz CT molecular complexity index is 1060. The number of halogens is 1. The lowest BCUT2D eigenvalue weighted by molar-refractivity contribution is 0.134. The Morgan fingerprint density at radius 1 is 1.06 bits per heavy atom.